The zero-order valence-corrected chi connectivity index (χ0v) is 9.25. The van der Waals surface area contributed by atoms with Crippen molar-refractivity contribution < 1.29 is 9.53 Å². The van der Waals surface area contributed by atoms with Gasteiger partial charge in [0.2, 0.25) is 6.41 Å². The standard InChI is InChI=1S/C10H20N2O2/c1-10(2,3)11-6-9-7-14-5-4-12(9)8-13/h8-9,11H,4-7H2,1-3H3/t9-/m0/s1. The van der Waals surface area contributed by atoms with Crippen molar-refractivity contribution in [3.63, 3.8) is 0 Å². The molecular weight excluding hydrogens is 180 g/mol. The molecule has 0 bridgehead atoms. The van der Waals surface area contributed by atoms with Crippen molar-refractivity contribution >= 4 is 6.41 Å². The minimum absolute atomic E-state index is 0.0893. The van der Waals surface area contributed by atoms with Gasteiger partial charge in [0.15, 0.2) is 0 Å². The molecule has 1 aliphatic heterocycles. The second-order valence-corrected chi connectivity index (χ2v) is 4.70. The minimum Gasteiger partial charge on any atom is -0.377 e. The van der Waals surface area contributed by atoms with Crippen LogP contribution in [0.15, 0.2) is 0 Å². The monoisotopic (exact) mass is 200 g/mol. The van der Waals surface area contributed by atoms with Crippen molar-refractivity contribution in [2.45, 2.75) is 32.4 Å². The molecule has 0 aromatic carbocycles. The van der Waals surface area contributed by atoms with E-state index in [-0.39, 0.29) is 11.6 Å². The second-order valence-electron chi connectivity index (χ2n) is 4.70. The number of rotatable bonds is 3. The maximum Gasteiger partial charge on any atom is 0.210 e. The topological polar surface area (TPSA) is 41.6 Å². The smallest absolute Gasteiger partial charge is 0.210 e. The van der Waals surface area contributed by atoms with E-state index in [0.717, 1.165) is 13.0 Å². The lowest BCUT2D eigenvalue weighted by Gasteiger charge is -2.34. The van der Waals surface area contributed by atoms with E-state index < -0.39 is 0 Å². The van der Waals surface area contributed by atoms with E-state index in [9.17, 15) is 4.79 Å². The van der Waals surface area contributed by atoms with Crippen molar-refractivity contribution in [1.29, 1.82) is 0 Å². The molecule has 1 aliphatic rings. The Morgan fingerprint density at radius 3 is 2.86 bits per heavy atom. The molecule has 1 N–H and O–H groups in total. The van der Waals surface area contributed by atoms with Crippen molar-refractivity contribution in [3.05, 3.63) is 0 Å². The predicted octanol–water partition coefficient (Wildman–Crippen LogP) is 0.232. The maximum atomic E-state index is 10.7. The lowest BCUT2D eigenvalue weighted by atomic mass is 10.1. The van der Waals surface area contributed by atoms with Crippen LogP contribution in [-0.4, -0.2) is 49.2 Å². The Kier molecular flexibility index (Phi) is 3.89. The number of amides is 1. The lowest BCUT2D eigenvalue weighted by molar-refractivity contribution is -0.126. The summed E-state index contributed by atoms with van der Waals surface area (Å²) in [5, 5.41) is 3.38. The van der Waals surface area contributed by atoms with E-state index >= 15 is 0 Å². The molecule has 0 spiro atoms. The van der Waals surface area contributed by atoms with E-state index in [1.54, 1.807) is 0 Å². The van der Waals surface area contributed by atoms with Crippen LogP contribution < -0.4 is 5.32 Å². The molecule has 1 atom stereocenters. The van der Waals surface area contributed by atoms with Crippen LogP contribution in [-0.2, 0) is 9.53 Å². The van der Waals surface area contributed by atoms with Crippen LogP contribution in [0.3, 0.4) is 0 Å². The van der Waals surface area contributed by atoms with Crippen molar-refractivity contribution in [3.8, 4) is 0 Å². The first-order valence-electron chi connectivity index (χ1n) is 5.07. The highest BCUT2D eigenvalue weighted by atomic mass is 16.5. The average Bonchev–Trinajstić information content (AvgIpc) is 2.14. The molecule has 82 valence electrons. The molecule has 4 nitrogen and oxygen atoms in total. The molecule has 1 heterocycles. The number of carbonyl (C=O) groups excluding carboxylic acids is 1. The van der Waals surface area contributed by atoms with Gasteiger partial charge in [0.05, 0.1) is 19.3 Å². The molecular formula is C10H20N2O2. The fourth-order valence-corrected chi connectivity index (χ4v) is 1.41. The van der Waals surface area contributed by atoms with Crippen molar-refractivity contribution in [1.82, 2.24) is 10.2 Å². The summed E-state index contributed by atoms with van der Waals surface area (Å²) in [6, 6.07) is 0.181. The summed E-state index contributed by atoms with van der Waals surface area (Å²) in [4.78, 5) is 12.5. The summed E-state index contributed by atoms with van der Waals surface area (Å²) in [6.45, 7) is 9.14. The van der Waals surface area contributed by atoms with Gasteiger partial charge in [-0.1, -0.05) is 0 Å². The van der Waals surface area contributed by atoms with Gasteiger partial charge in [0, 0.05) is 18.6 Å². The highest BCUT2D eigenvalue weighted by Crippen LogP contribution is 2.05. The Bertz CT molecular complexity index is 189. The molecule has 1 saturated heterocycles. The summed E-state index contributed by atoms with van der Waals surface area (Å²) in [5.41, 5.74) is 0.0893. The van der Waals surface area contributed by atoms with Gasteiger partial charge in [-0.15, -0.1) is 0 Å². The van der Waals surface area contributed by atoms with Crippen LogP contribution in [0.1, 0.15) is 20.8 Å². The summed E-state index contributed by atoms with van der Waals surface area (Å²) >= 11 is 0. The molecule has 0 saturated carbocycles. The van der Waals surface area contributed by atoms with Crippen LogP contribution in [0.2, 0.25) is 0 Å². The number of morpholine rings is 1. The fourth-order valence-electron chi connectivity index (χ4n) is 1.41. The number of ether oxygens (including phenoxy) is 1. The third kappa shape index (κ3) is 3.64. The zero-order chi connectivity index (χ0) is 10.6. The van der Waals surface area contributed by atoms with E-state index in [0.29, 0.717) is 19.8 Å². The van der Waals surface area contributed by atoms with Gasteiger partial charge < -0.3 is 15.0 Å². The number of nitrogens with zero attached hydrogens (tertiary/aromatic N) is 1. The number of hydrogen-bond donors (Lipinski definition) is 1. The molecule has 1 rings (SSSR count). The molecule has 0 unspecified atom stereocenters. The average molecular weight is 200 g/mol. The van der Waals surface area contributed by atoms with Crippen LogP contribution in [0.5, 0.6) is 0 Å². The molecule has 0 aliphatic carbocycles. The largest absolute Gasteiger partial charge is 0.377 e. The summed E-state index contributed by atoms with van der Waals surface area (Å²) < 4.78 is 5.34. The van der Waals surface area contributed by atoms with Crippen LogP contribution in [0.4, 0.5) is 0 Å². The van der Waals surface area contributed by atoms with Crippen molar-refractivity contribution in [2.75, 3.05) is 26.3 Å². The fraction of sp³-hybridized carbons (Fsp3) is 0.900. The highest BCUT2D eigenvalue weighted by molar-refractivity contribution is 5.48. The summed E-state index contributed by atoms with van der Waals surface area (Å²) in [6.07, 6.45) is 0.914. The van der Waals surface area contributed by atoms with Gasteiger partial charge >= 0.3 is 0 Å². The number of nitrogens with one attached hydrogen (secondary N) is 1. The number of hydrogen-bond acceptors (Lipinski definition) is 3. The highest BCUT2D eigenvalue weighted by Gasteiger charge is 2.22. The first-order valence-corrected chi connectivity index (χ1v) is 5.07. The molecule has 1 amide bonds. The minimum atomic E-state index is 0.0893. The quantitative estimate of drug-likeness (QED) is 0.663. The summed E-state index contributed by atoms with van der Waals surface area (Å²) in [5.74, 6) is 0. The predicted molar refractivity (Wildman–Crippen MR) is 55.1 cm³/mol. The van der Waals surface area contributed by atoms with Gasteiger partial charge in [-0.05, 0) is 20.8 Å². The molecule has 4 heteroatoms. The summed E-state index contributed by atoms with van der Waals surface area (Å²) in [7, 11) is 0. The second kappa shape index (κ2) is 4.75. The molecule has 0 aromatic rings. The zero-order valence-electron chi connectivity index (χ0n) is 9.25. The van der Waals surface area contributed by atoms with E-state index in [2.05, 4.69) is 26.1 Å². The maximum absolute atomic E-state index is 10.7. The van der Waals surface area contributed by atoms with E-state index in [1.165, 1.54) is 0 Å². The Morgan fingerprint density at radius 1 is 1.57 bits per heavy atom. The van der Waals surface area contributed by atoms with Gasteiger partial charge in [-0.2, -0.15) is 0 Å². The van der Waals surface area contributed by atoms with Crippen molar-refractivity contribution in [2.24, 2.45) is 0 Å². The SMILES string of the molecule is CC(C)(C)NC[C@H]1COCCN1C=O. The first kappa shape index (κ1) is 11.5. The molecule has 0 radical (unpaired) electrons. The van der Waals surface area contributed by atoms with Gasteiger partial charge in [0.1, 0.15) is 0 Å². The van der Waals surface area contributed by atoms with Crippen LogP contribution in [0, 0.1) is 0 Å². The normalized spacial score (nSPS) is 23.6. The lowest BCUT2D eigenvalue weighted by Crippen LogP contribution is -2.52. The third-order valence-corrected chi connectivity index (χ3v) is 2.28. The van der Waals surface area contributed by atoms with E-state index in [4.69, 9.17) is 4.74 Å². The Balaban J connectivity index is 2.37. The van der Waals surface area contributed by atoms with E-state index in [1.807, 2.05) is 4.90 Å². The van der Waals surface area contributed by atoms with Gasteiger partial charge in [-0.3, -0.25) is 4.79 Å². The van der Waals surface area contributed by atoms with Crippen LogP contribution >= 0.6 is 0 Å². The third-order valence-electron chi connectivity index (χ3n) is 2.28. The van der Waals surface area contributed by atoms with Gasteiger partial charge in [-0.25, -0.2) is 0 Å². The molecule has 0 aromatic heterocycles. The Labute approximate surface area is 85.6 Å². The van der Waals surface area contributed by atoms with Crippen LogP contribution in [0.25, 0.3) is 0 Å². The first-order chi connectivity index (χ1) is 6.53. The Morgan fingerprint density at radius 2 is 2.29 bits per heavy atom. The Hall–Kier alpha value is -0.610. The molecule has 14 heavy (non-hydrogen) atoms. The number of carbonyl (C=O) groups is 1. The van der Waals surface area contributed by atoms with Gasteiger partial charge in [0.25, 0.3) is 0 Å². The molecule has 1 fully saturated rings.